The molecule has 1 saturated carbocycles. The van der Waals surface area contributed by atoms with E-state index in [-0.39, 0.29) is 0 Å². The molecule has 0 amide bonds. The number of nitrogens with zero attached hydrogens (tertiary/aromatic N) is 2. The summed E-state index contributed by atoms with van der Waals surface area (Å²) in [5, 5.41) is 18.4. The van der Waals surface area contributed by atoms with Gasteiger partial charge in [-0.1, -0.05) is 39.0 Å². The molecule has 1 aromatic rings. The van der Waals surface area contributed by atoms with E-state index < -0.39 is 5.60 Å². The van der Waals surface area contributed by atoms with Gasteiger partial charge in [0.2, 0.25) is 0 Å². The van der Waals surface area contributed by atoms with E-state index in [0.717, 1.165) is 55.7 Å². The molecule has 0 bridgehead atoms. The van der Waals surface area contributed by atoms with Crippen LogP contribution < -0.4 is 11.1 Å². The fourth-order valence-corrected chi connectivity index (χ4v) is 3.04. The molecule has 1 aliphatic rings. The molecule has 5 heteroatoms. The van der Waals surface area contributed by atoms with Gasteiger partial charge in [-0.15, -0.1) is 0 Å². The van der Waals surface area contributed by atoms with Crippen LogP contribution in [-0.2, 0) is 13.5 Å². The largest absolute Gasteiger partial charge is 0.394 e. The zero-order valence-electron chi connectivity index (χ0n) is 12.8. The third kappa shape index (κ3) is 3.45. The molecular formula is C15H28N4O. The van der Waals surface area contributed by atoms with Crippen molar-refractivity contribution in [3.05, 3.63) is 5.69 Å². The van der Waals surface area contributed by atoms with Crippen LogP contribution in [0.5, 0.6) is 0 Å². The average molecular weight is 280 g/mol. The molecule has 0 saturated heterocycles. The molecule has 20 heavy (non-hydrogen) atoms. The van der Waals surface area contributed by atoms with Gasteiger partial charge in [0, 0.05) is 13.6 Å². The zero-order valence-corrected chi connectivity index (χ0v) is 12.8. The summed E-state index contributed by atoms with van der Waals surface area (Å²) in [4.78, 5) is 0. The average Bonchev–Trinajstić information content (AvgIpc) is 2.57. The van der Waals surface area contributed by atoms with Crippen molar-refractivity contribution in [1.29, 1.82) is 0 Å². The summed E-state index contributed by atoms with van der Waals surface area (Å²) in [6.07, 6.45) is 8.36. The van der Waals surface area contributed by atoms with Crippen LogP contribution in [0.1, 0.15) is 57.6 Å². The number of hydrogen-bond donors (Lipinski definition) is 3. The summed E-state index contributed by atoms with van der Waals surface area (Å²) in [5.41, 5.74) is 7.23. The van der Waals surface area contributed by atoms with Crippen molar-refractivity contribution in [3.63, 3.8) is 0 Å². The Morgan fingerprint density at radius 1 is 1.30 bits per heavy atom. The number of anilines is 2. The number of rotatable bonds is 5. The number of aliphatic hydroxyl groups is 1. The third-order valence-corrected chi connectivity index (χ3v) is 4.27. The zero-order chi connectivity index (χ0) is 14.6. The van der Waals surface area contributed by atoms with Crippen molar-refractivity contribution in [1.82, 2.24) is 9.78 Å². The molecule has 1 aliphatic carbocycles. The summed E-state index contributed by atoms with van der Waals surface area (Å²) < 4.78 is 1.79. The highest BCUT2D eigenvalue weighted by Gasteiger charge is 2.28. The maximum absolute atomic E-state index is 10.7. The van der Waals surface area contributed by atoms with Crippen molar-refractivity contribution in [2.24, 2.45) is 7.05 Å². The smallest absolute Gasteiger partial charge is 0.147 e. The van der Waals surface area contributed by atoms with Gasteiger partial charge in [-0.2, -0.15) is 5.10 Å². The van der Waals surface area contributed by atoms with Crippen molar-refractivity contribution in [2.75, 3.05) is 17.6 Å². The van der Waals surface area contributed by atoms with Gasteiger partial charge in [-0.25, -0.2) is 0 Å². The van der Waals surface area contributed by atoms with Crippen molar-refractivity contribution < 1.29 is 5.11 Å². The lowest BCUT2D eigenvalue weighted by atomic mass is 9.94. The number of nitrogens with one attached hydrogen (secondary N) is 1. The minimum absolute atomic E-state index is 0.558. The van der Waals surface area contributed by atoms with Gasteiger partial charge in [0.05, 0.1) is 17.0 Å². The molecule has 2 rings (SSSR count). The fraction of sp³-hybridized carbons (Fsp3) is 0.800. The molecule has 5 nitrogen and oxygen atoms in total. The quantitative estimate of drug-likeness (QED) is 0.724. The van der Waals surface area contributed by atoms with Crippen molar-refractivity contribution in [3.8, 4) is 0 Å². The van der Waals surface area contributed by atoms with E-state index >= 15 is 0 Å². The van der Waals surface area contributed by atoms with Gasteiger partial charge >= 0.3 is 0 Å². The minimum atomic E-state index is -0.599. The van der Waals surface area contributed by atoms with Gasteiger partial charge < -0.3 is 16.2 Å². The van der Waals surface area contributed by atoms with E-state index in [9.17, 15) is 5.11 Å². The topological polar surface area (TPSA) is 76.1 Å². The highest BCUT2D eigenvalue weighted by atomic mass is 16.3. The summed E-state index contributed by atoms with van der Waals surface area (Å²) in [7, 11) is 1.90. The van der Waals surface area contributed by atoms with Crippen LogP contribution in [0.15, 0.2) is 0 Å². The van der Waals surface area contributed by atoms with Crippen LogP contribution in [0, 0.1) is 0 Å². The molecule has 0 aromatic carbocycles. The molecule has 0 spiro atoms. The second kappa shape index (κ2) is 6.48. The fourth-order valence-electron chi connectivity index (χ4n) is 3.04. The summed E-state index contributed by atoms with van der Waals surface area (Å²) >= 11 is 0. The van der Waals surface area contributed by atoms with Crippen LogP contribution >= 0.6 is 0 Å². The lowest BCUT2D eigenvalue weighted by Gasteiger charge is -2.27. The van der Waals surface area contributed by atoms with Crippen LogP contribution in [0.2, 0.25) is 0 Å². The summed E-state index contributed by atoms with van der Waals surface area (Å²) in [5.74, 6) is 0.839. The highest BCUT2D eigenvalue weighted by molar-refractivity contribution is 5.65. The summed E-state index contributed by atoms with van der Waals surface area (Å²) in [6, 6.07) is 0. The molecule has 4 N–H and O–H groups in total. The first kappa shape index (κ1) is 15.2. The van der Waals surface area contributed by atoms with E-state index in [1.54, 1.807) is 4.68 Å². The Morgan fingerprint density at radius 3 is 2.55 bits per heavy atom. The minimum Gasteiger partial charge on any atom is -0.394 e. The molecule has 0 atom stereocenters. The Bertz CT molecular complexity index is 433. The van der Waals surface area contributed by atoms with Gasteiger partial charge in [-0.05, 0) is 19.3 Å². The molecule has 0 aliphatic heterocycles. The molecule has 1 aromatic heterocycles. The first-order chi connectivity index (χ1) is 9.56. The van der Waals surface area contributed by atoms with E-state index in [1.165, 1.54) is 12.8 Å². The van der Waals surface area contributed by atoms with Gasteiger partial charge in [-0.3, -0.25) is 4.68 Å². The third-order valence-electron chi connectivity index (χ3n) is 4.27. The molecule has 1 fully saturated rings. The van der Waals surface area contributed by atoms with E-state index in [0.29, 0.717) is 6.54 Å². The van der Waals surface area contributed by atoms with Crippen LogP contribution in [0.25, 0.3) is 0 Å². The maximum Gasteiger partial charge on any atom is 0.147 e. The number of aromatic nitrogens is 2. The SMILES string of the molecule is CCCc1nn(C)c(NCC2(O)CCCCCC2)c1N. The molecule has 0 unspecified atom stereocenters. The highest BCUT2D eigenvalue weighted by Crippen LogP contribution is 2.29. The first-order valence-corrected chi connectivity index (χ1v) is 7.83. The van der Waals surface area contributed by atoms with Crippen LogP contribution in [-0.4, -0.2) is 27.0 Å². The van der Waals surface area contributed by atoms with Gasteiger partial charge in [0.25, 0.3) is 0 Å². The molecule has 0 radical (unpaired) electrons. The normalized spacial score (nSPS) is 18.8. The Hall–Kier alpha value is -1.23. The molecule has 1 heterocycles. The van der Waals surface area contributed by atoms with Gasteiger partial charge in [0.1, 0.15) is 5.82 Å². The van der Waals surface area contributed by atoms with E-state index in [2.05, 4.69) is 17.3 Å². The second-order valence-electron chi connectivity index (χ2n) is 6.07. The van der Waals surface area contributed by atoms with Crippen molar-refractivity contribution >= 4 is 11.5 Å². The Kier molecular flexibility index (Phi) is 4.91. The van der Waals surface area contributed by atoms with Crippen LogP contribution in [0.4, 0.5) is 11.5 Å². The monoisotopic (exact) mass is 280 g/mol. The predicted molar refractivity (Wildman–Crippen MR) is 82.8 cm³/mol. The number of hydrogen-bond acceptors (Lipinski definition) is 4. The van der Waals surface area contributed by atoms with Gasteiger partial charge in [0.15, 0.2) is 0 Å². The van der Waals surface area contributed by atoms with E-state index in [4.69, 9.17) is 5.73 Å². The predicted octanol–water partition coefficient (Wildman–Crippen LogP) is 2.45. The Morgan fingerprint density at radius 2 is 1.95 bits per heavy atom. The van der Waals surface area contributed by atoms with Crippen LogP contribution in [0.3, 0.4) is 0 Å². The lowest BCUT2D eigenvalue weighted by Crippen LogP contribution is -2.36. The second-order valence-corrected chi connectivity index (χ2v) is 6.07. The number of nitrogens with two attached hydrogens (primary N) is 1. The Balaban J connectivity index is 2.02. The lowest BCUT2D eigenvalue weighted by molar-refractivity contribution is 0.0380. The first-order valence-electron chi connectivity index (χ1n) is 7.83. The molecule has 114 valence electrons. The van der Waals surface area contributed by atoms with E-state index in [1.807, 2.05) is 7.05 Å². The Labute approximate surface area is 121 Å². The standard InChI is InChI=1S/C15H28N4O/c1-3-8-12-13(16)14(19(2)18-12)17-11-15(20)9-6-4-5-7-10-15/h17,20H,3-11,16H2,1-2H3. The maximum atomic E-state index is 10.7. The van der Waals surface area contributed by atoms with Crippen molar-refractivity contribution in [2.45, 2.75) is 63.9 Å². The molecular weight excluding hydrogens is 252 g/mol. The number of nitrogen functional groups attached to an aromatic ring is 1. The number of aryl methyl sites for hydroxylation is 2. The summed E-state index contributed by atoms with van der Waals surface area (Å²) in [6.45, 7) is 2.68.